The Morgan fingerprint density at radius 3 is 2.44 bits per heavy atom. The quantitative estimate of drug-likeness (QED) is 0.778. The molecule has 5 heteroatoms. The lowest BCUT2D eigenvalue weighted by Crippen LogP contribution is -2.12. The average Bonchev–Trinajstić information content (AvgIpc) is 2.32. The van der Waals surface area contributed by atoms with Crippen molar-refractivity contribution < 1.29 is 9.18 Å². The number of hydrogen-bond donors (Lipinski definition) is 1. The van der Waals surface area contributed by atoms with Crippen molar-refractivity contribution in [2.45, 2.75) is 0 Å². The van der Waals surface area contributed by atoms with E-state index in [4.69, 9.17) is 11.6 Å². The Balaban J connectivity index is 2.19. The molecule has 2 nitrogen and oxygen atoms in total. The second-order valence-corrected chi connectivity index (χ2v) is 5.24. The Morgan fingerprint density at radius 1 is 1.17 bits per heavy atom. The number of benzene rings is 2. The lowest BCUT2D eigenvalue weighted by Gasteiger charge is -2.06. The highest BCUT2D eigenvalue weighted by Gasteiger charge is 2.11. The predicted octanol–water partition coefficient (Wildman–Crippen LogP) is 4.34. The maximum absolute atomic E-state index is 12.9. The first kappa shape index (κ1) is 13.3. The van der Waals surface area contributed by atoms with Gasteiger partial charge in [0, 0.05) is 9.26 Å². The number of hydrogen-bond acceptors (Lipinski definition) is 1. The van der Waals surface area contributed by atoms with Crippen molar-refractivity contribution in [3.63, 3.8) is 0 Å². The van der Waals surface area contributed by atoms with Crippen molar-refractivity contribution in [1.82, 2.24) is 0 Å². The predicted molar refractivity (Wildman–Crippen MR) is 78.5 cm³/mol. The second kappa shape index (κ2) is 5.67. The molecule has 18 heavy (non-hydrogen) atoms. The molecule has 2 rings (SSSR count). The lowest BCUT2D eigenvalue weighted by atomic mass is 10.2. The van der Waals surface area contributed by atoms with Gasteiger partial charge in [-0.3, -0.25) is 4.79 Å². The van der Waals surface area contributed by atoms with Gasteiger partial charge in [-0.2, -0.15) is 0 Å². The fourth-order valence-electron chi connectivity index (χ4n) is 1.41. The highest BCUT2D eigenvalue weighted by molar-refractivity contribution is 14.1. The third-order valence-corrected chi connectivity index (χ3v) is 3.31. The molecule has 0 bridgehead atoms. The van der Waals surface area contributed by atoms with Crippen molar-refractivity contribution in [2.75, 3.05) is 5.32 Å². The SMILES string of the molecule is O=C(Nc1ccc(I)cc1)c1ccc(F)cc1Cl. The molecule has 92 valence electrons. The standard InChI is InChI=1S/C13H8ClFINO/c14-12-7-8(15)1-6-11(12)13(18)17-10-4-2-9(16)3-5-10/h1-7H,(H,17,18). The van der Waals surface area contributed by atoms with Gasteiger partial charge in [0.2, 0.25) is 0 Å². The summed E-state index contributed by atoms with van der Waals surface area (Å²) in [6.07, 6.45) is 0. The van der Waals surface area contributed by atoms with Crippen LogP contribution in [0.15, 0.2) is 42.5 Å². The molecule has 0 saturated carbocycles. The van der Waals surface area contributed by atoms with Crippen LogP contribution in [0.4, 0.5) is 10.1 Å². The van der Waals surface area contributed by atoms with Gasteiger partial charge in [0.15, 0.2) is 0 Å². The van der Waals surface area contributed by atoms with E-state index in [1.807, 2.05) is 12.1 Å². The minimum absolute atomic E-state index is 0.0954. The van der Waals surface area contributed by atoms with E-state index in [-0.39, 0.29) is 16.5 Å². The van der Waals surface area contributed by atoms with Crippen molar-refractivity contribution in [1.29, 1.82) is 0 Å². The Hall–Kier alpha value is -1.14. The van der Waals surface area contributed by atoms with Gasteiger partial charge in [-0.25, -0.2) is 4.39 Å². The molecule has 0 aliphatic carbocycles. The van der Waals surface area contributed by atoms with E-state index in [0.717, 1.165) is 9.64 Å². The van der Waals surface area contributed by atoms with Crippen molar-refractivity contribution >= 4 is 45.8 Å². The monoisotopic (exact) mass is 375 g/mol. The minimum Gasteiger partial charge on any atom is -0.322 e. The third kappa shape index (κ3) is 3.20. The summed E-state index contributed by atoms with van der Waals surface area (Å²) in [6.45, 7) is 0. The molecule has 2 aromatic rings. The maximum Gasteiger partial charge on any atom is 0.257 e. The van der Waals surface area contributed by atoms with Gasteiger partial charge in [-0.05, 0) is 65.1 Å². The first-order valence-corrected chi connectivity index (χ1v) is 6.54. The molecule has 0 saturated heterocycles. The van der Waals surface area contributed by atoms with Gasteiger partial charge in [0.05, 0.1) is 10.6 Å². The van der Waals surface area contributed by atoms with Gasteiger partial charge >= 0.3 is 0 Å². The van der Waals surface area contributed by atoms with E-state index in [2.05, 4.69) is 27.9 Å². The van der Waals surface area contributed by atoms with Crippen molar-refractivity contribution in [2.24, 2.45) is 0 Å². The molecule has 2 aromatic carbocycles. The zero-order chi connectivity index (χ0) is 13.1. The molecular weight excluding hydrogens is 368 g/mol. The van der Waals surface area contributed by atoms with Crippen LogP contribution >= 0.6 is 34.2 Å². The van der Waals surface area contributed by atoms with Crippen LogP contribution in [0.1, 0.15) is 10.4 Å². The van der Waals surface area contributed by atoms with Crippen LogP contribution in [-0.4, -0.2) is 5.91 Å². The molecule has 0 atom stereocenters. The summed E-state index contributed by atoms with van der Waals surface area (Å²) in [5, 5.41) is 2.79. The summed E-state index contributed by atoms with van der Waals surface area (Å²) >= 11 is 7.99. The lowest BCUT2D eigenvalue weighted by molar-refractivity contribution is 0.102. The van der Waals surface area contributed by atoms with Crippen LogP contribution < -0.4 is 5.32 Å². The van der Waals surface area contributed by atoms with Gasteiger partial charge in [0.1, 0.15) is 5.82 Å². The van der Waals surface area contributed by atoms with E-state index in [1.165, 1.54) is 12.1 Å². The number of carbonyl (C=O) groups excluding carboxylic acids is 1. The van der Waals surface area contributed by atoms with Gasteiger partial charge in [-0.1, -0.05) is 11.6 Å². The summed E-state index contributed by atoms with van der Waals surface area (Å²) < 4.78 is 13.9. The number of rotatable bonds is 2. The summed E-state index contributed by atoms with van der Waals surface area (Å²) in [6, 6.07) is 11.0. The van der Waals surface area contributed by atoms with Crippen molar-refractivity contribution in [3.05, 3.63) is 62.4 Å². The van der Waals surface area contributed by atoms with E-state index < -0.39 is 5.82 Å². The van der Waals surface area contributed by atoms with Crippen LogP contribution in [-0.2, 0) is 0 Å². The Labute approximate surface area is 122 Å². The zero-order valence-electron chi connectivity index (χ0n) is 9.08. The molecule has 0 aliphatic rings. The van der Waals surface area contributed by atoms with Gasteiger partial charge < -0.3 is 5.32 Å². The molecule has 0 aliphatic heterocycles. The first-order valence-electron chi connectivity index (χ1n) is 5.08. The average molecular weight is 376 g/mol. The summed E-state index contributed by atoms with van der Waals surface area (Å²) in [7, 11) is 0. The summed E-state index contributed by atoms with van der Waals surface area (Å²) in [5.74, 6) is -0.827. The van der Waals surface area contributed by atoms with Crippen LogP contribution in [0.3, 0.4) is 0 Å². The summed E-state index contributed by atoms with van der Waals surface area (Å²) in [4.78, 5) is 11.9. The van der Waals surface area contributed by atoms with E-state index in [9.17, 15) is 9.18 Å². The summed E-state index contributed by atoms with van der Waals surface area (Å²) in [5.41, 5.74) is 0.914. The fourth-order valence-corrected chi connectivity index (χ4v) is 2.02. The highest BCUT2D eigenvalue weighted by Crippen LogP contribution is 2.19. The molecule has 0 unspecified atom stereocenters. The highest BCUT2D eigenvalue weighted by atomic mass is 127. The number of amides is 1. The molecule has 0 fully saturated rings. The molecule has 0 heterocycles. The van der Waals surface area contributed by atoms with E-state index in [0.29, 0.717) is 5.69 Å². The van der Waals surface area contributed by atoms with E-state index >= 15 is 0 Å². The smallest absolute Gasteiger partial charge is 0.257 e. The largest absolute Gasteiger partial charge is 0.322 e. The molecule has 1 N–H and O–H groups in total. The van der Waals surface area contributed by atoms with Crippen LogP contribution in [0.5, 0.6) is 0 Å². The van der Waals surface area contributed by atoms with Crippen LogP contribution in [0.2, 0.25) is 5.02 Å². The Kier molecular flexibility index (Phi) is 4.19. The number of carbonyl (C=O) groups is 1. The topological polar surface area (TPSA) is 29.1 Å². The van der Waals surface area contributed by atoms with Crippen molar-refractivity contribution in [3.8, 4) is 0 Å². The second-order valence-electron chi connectivity index (χ2n) is 3.59. The Bertz CT molecular complexity index is 586. The number of anilines is 1. The molecule has 0 aromatic heterocycles. The van der Waals surface area contributed by atoms with E-state index in [1.54, 1.807) is 12.1 Å². The normalized spacial score (nSPS) is 10.2. The molecular formula is C13H8ClFINO. The molecule has 0 radical (unpaired) electrons. The first-order chi connectivity index (χ1) is 8.56. The maximum atomic E-state index is 12.9. The minimum atomic E-state index is -0.467. The fraction of sp³-hybridized carbons (Fsp3) is 0. The zero-order valence-corrected chi connectivity index (χ0v) is 12.0. The Morgan fingerprint density at radius 2 is 1.83 bits per heavy atom. The molecule has 0 spiro atoms. The van der Waals surface area contributed by atoms with Crippen LogP contribution in [0, 0.1) is 9.39 Å². The number of nitrogens with one attached hydrogen (secondary N) is 1. The van der Waals surface area contributed by atoms with Gasteiger partial charge in [0.25, 0.3) is 5.91 Å². The van der Waals surface area contributed by atoms with Crippen LogP contribution in [0.25, 0.3) is 0 Å². The van der Waals surface area contributed by atoms with Gasteiger partial charge in [-0.15, -0.1) is 0 Å². The third-order valence-electron chi connectivity index (χ3n) is 2.28. The number of halogens is 3. The molecule has 1 amide bonds.